The van der Waals surface area contributed by atoms with Gasteiger partial charge in [-0.25, -0.2) is 9.59 Å². The Balaban J connectivity index is 2.93. The van der Waals surface area contributed by atoms with E-state index in [1.165, 1.54) is 6.07 Å². The van der Waals surface area contributed by atoms with Gasteiger partial charge < -0.3 is 14.2 Å². The first kappa shape index (κ1) is 16.8. The average Bonchev–Trinajstić information content (AvgIpc) is 2.38. The van der Waals surface area contributed by atoms with Gasteiger partial charge in [0.25, 0.3) is 6.10 Å². The van der Waals surface area contributed by atoms with Crippen LogP contribution >= 0.6 is 27.5 Å². The normalized spacial score (nSPS) is 10.2. The third-order valence-corrected chi connectivity index (χ3v) is 2.93. The van der Waals surface area contributed by atoms with E-state index in [-0.39, 0.29) is 24.0 Å². The van der Waals surface area contributed by atoms with Gasteiger partial charge in [-0.1, -0.05) is 27.5 Å². The summed E-state index contributed by atoms with van der Waals surface area (Å²) >= 11 is 9.22. The van der Waals surface area contributed by atoms with E-state index in [1.807, 2.05) is 0 Å². The van der Waals surface area contributed by atoms with E-state index in [4.69, 9.17) is 25.8 Å². The quantitative estimate of drug-likeness (QED) is 0.573. The van der Waals surface area contributed by atoms with Crippen LogP contribution in [0.25, 0.3) is 0 Å². The predicted molar refractivity (Wildman–Crippen MR) is 76.8 cm³/mol. The van der Waals surface area contributed by atoms with Gasteiger partial charge in [0.1, 0.15) is 5.75 Å². The van der Waals surface area contributed by atoms with Crippen molar-refractivity contribution in [2.24, 2.45) is 0 Å². The smallest absolute Gasteiger partial charge is 0.359 e. The summed E-state index contributed by atoms with van der Waals surface area (Å²) in [5, 5.41) is 0.262. The molecule has 0 radical (unpaired) electrons. The molecule has 0 aliphatic carbocycles. The summed E-state index contributed by atoms with van der Waals surface area (Å²) in [6.07, 6.45) is -1.49. The van der Waals surface area contributed by atoms with Gasteiger partial charge in [0, 0.05) is 4.47 Å². The van der Waals surface area contributed by atoms with E-state index in [2.05, 4.69) is 15.9 Å². The molecule has 0 fully saturated rings. The zero-order valence-electron chi connectivity index (χ0n) is 11.0. The summed E-state index contributed by atoms with van der Waals surface area (Å²) in [5.74, 6) is -1.43. The highest BCUT2D eigenvalue weighted by molar-refractivity contribution is 9.10. The predicted octanol–water partition coefficient (Wildman–Crippen LogP) is 2.98. The summed E-state index contributed by atoms with van der Waals surface area (Å²) in [6, 6.07) is 4.80. The van der Waals surface area contributed by atoms with Crippen molar-refractivity contribution in [2.45, 2.75) is 20.0 Å². The molecule has 1 aromatic carbocycles. The van der Waals surface area contributed by atoms with Crippen molar-refractivity contribution >= 4 is 39.5 Å². The molecule has 7 heteroatoms. The van der Waals surface area contributed by atoms with Crippen molar-refractivity contribution in [1.29, 1.82) is 0 Å². The Morgan fingerprint density at radius 2 is 1.75 bits per heavy atom. The van der Waals surface area contributed by atoms with Gasteiger partial charge in [-0.05, 0) is 32.0 Å². The van der Waals surface area contributed by atoms with Crippen LogP contribution in [0, 0.1) is 0 Å². The van der Waals surface area contributed by atoms with E-state index >= 15 is 0 Å². The van der Waals surface area contributed by atoms with Crippen molar-refractivity contribution in [3.8, 4) is 5.75 Å². The lowest BCUT2D eigenvalue weighted by Gasteiger charge is -2.17. The van der Waals surface area contributed by atoms with Crippen molar-refractivity contribution in [3.05, 3.63) is 27.7 Å². The zero-order valence-corrected chi connectivity index (χ0v) is 13.4. The first-order valence-corrected chi connectivity index (χ1v) is 7.11. The monoisotopic (exact) mass is 364 g/mol. The van der Waals surface area contributed by atoms with E-state index in [0.717, 1.165) is 4.47 Å². The number of halogens is 2. The van der Waals surface area contributed by atoms with Crippen LogP contribution in [-0.2, 0) is 19.1 Å². The molecule has 0 N–H and O–H groups in total. The molecule has 0 heterocycles. The molecule has 0 aliphatic heterocycles. The molecule has 5 nitrogen and oxygen atoms in total. The third kappa shape index (κ3) is 4.68. The Kier molecular flexibility index (Phi) is 6.81. The highest BCUT2D eigenvalue weighted by Gasteiger charge is 2.32. The fourth-order valence-corrected chi connectivity index (χ4v) is 2.04. The number of rotatable bonds is 6. The van der Waals surface area contributed by atoms with E-state index in [9.17, 15) is 9.59 Å². The first-order chi connectivity index (χ1) is 9.49. The van der Waals surface area contributed by atoms with Gasteiger partial charge in [-0.2, -0.15) is 0 Å². The molecule has 0 atom stereocenters. The number of esters is 2. The van der Waals surface area contributed by atoms with Crippen LogP contribution in [0.4, 0.5) is 0 Å². The number of hydrogen-bond acceptors (Lipinski definition) is 5. The topological polar surface area (TPSA) is 61.8 Å². The lowest BCUT2D eigenvalue weighted by atomic mass is 10.3. The molecule has 1 aromatic rings. The lowest BCUT2D eigenvalue weighted by Crippen LogP contribution is -2.38. The van der Waals surface area contributed by atoms with Crippen LogP contribution in [0.2, 0.25) is 5.02 Å². The summed E-state index contributed by atoms with van der Waals surface area (Å²) in [5.41, 5.74) is 0. The maximum Gasteiger partial charge on any atom is 0.359 e. The summed E-state index contributed by atoms with van der Waals surface area (Å²) in [4.78, 5) is 23.5. The second-order valence-electron chi connectivity index (χ2n) is 3.58. The molecule has 110 valence electrons. The summed E-state index contributed by atoms with van der Waals surface area (Å²) < 4.78 is 15.7. The van der Waals surface area contributed by atoms with Gasteiger partial charge in [0.2, 0.25) is 0 Å². The van der Waals surface area contributed by atoms with Crippen LogP contribution in [0.1, 0.15) is 13.8 Å². The molecule has 0 bridgehead atoms. The SMILES string of the molecule is CCOC(=O)C(Oc1ccc(Br)cc1Cl)C(=O)OCC. The largest absolute Gasteiger partial charge is 0.465 e. The lowest BCUT2D eigenvalue weighted by molar-refractivity contribution is -0.166. The van der Waals surface area contributed by atoms with Crippen LogP contribution in [0.15, 0.2) is 22.7 Å². The summed E-state index contributed by atoms with van der Waals surface area (Å²) in [6.45, 7) is 3.53. The maximum absolute atomic E-state index is 11.7. The molecule has 0 amide bonds. The van der Waals surface area contributed by atoms with E-state index < -0.39 is 18.0 Å². The standard InChI is InChI=1S/C13H14BrClO5/c1-3-18-12(16)11(13(17)19-4-2)20-10-6-5-8(14)7-9(10)15/h5-7,11H,3-4H2,1-2H3. The van der Waals surface area contributed by atoms with Gasteiger partial charge in [-0.15, -0.1) is 0 Å². The van der Waals surface area contributed by atoms with Gasteiger partial charge >= 0.3 is 11.9 Å². The fourth-order valence-electron chi connectivity index (χ4n) is 1.33. The minimum Gasteiger partial charge on any atom is -0.465 e. The van der Waals surface area contributed by atoms with Crippen molar-refractivity contribution in [1.82, 2.24) is 0 Å². The molecular weight excluding hydrogens is 351 g/mol. The van der Waals surface area contributed by atoms with Crippen LogP contribution in [0.3, 0.4) is 0 Å². The number of benzene rings is 1. The van der Waals surface area contributed by atoms with Crippen LogP contribution in [-0.4, -0.2) is 31.3 Å². The van der Waals surface area contributed by atoms with Gasteiger partial charge in [-0.3, -0.25) is 0 Å². The first-order valence-electron chi connectivity index (χ1n) is 5.94. The molecule has 1 rings (SSSR count). The van der Waals surface area contributed by atoms with E-state index in [0.29, 0.717) is 0 Å². The Labute approximate surface area is 130 Å². The average molecular weight is 366 g/mol. The fraction of sp³-hybridized carbons (Fsp3) is 0.385. The van der Waals surface area contributed by atoms with Crippen molar-refractivity contribution in [2.75, 3.05) is 13.2 Å². The number of carbonyl (C=O) groups excluding carboxylic acids is 2. The van der Waals surface area contributed by atoms with Crippen LogP contribution < -0.4 is 4.74 Å². The minimum atomic E-state index is -1.49. The zero-order chi connectivity index (χ0) is 15.1. The molecule has 0 aliphatic rings. The van der Waals surface area contributed by atoms with Gasteiger partial charge in [0.15, 0.2) is 0 Å². The Morgan fingerprint density at radius 3 is 2.20 bits per heavy atom. The third-order valence-electron chi connectivity index (χ3n) is 2.14. The molecule has 0 saturated carbocycles. The number of hydrogen-bond donors (Lipinski definition) is 0. The van der Waals surface area contributed by atoms with E-state index in [1.54, 1.807) is 26.0 Å². The van der Waals surface area contributed by atoms with Crippen LogP contribution in [0.5, 0.6) is 5.75 Å². The van der Waals surface area contributed by atoms with Crippen molar-refractivity contribution < 1.29 is 23.8 Å². The Hall–Kier alpha value is -1.27. The summed E-state index contributed by atoms with van der Waals surface area (Å²) in [7, 11) is 0. The highest BCUT2D eigenvalue weighted by atomic mass is 79.9. The highest BCUT2D eigenvalue weighted by Crippen LogP contribution is 2.28. The Morgan fingerprint density at radius 1 is 1.20 bits per heavy atom. The van der Waals surface area contributed by atoms with Gasteiger partial charge in [0.05, 0.1) is 18.2 Å². The maximum atomic E-state index is 11.7. The molecule has 0 unspecified atom stereocenters. The molecule has 0 aromatic heterocycles. The molecule has 0 saturated heterocycles. The second-order valence-corrected chi connectivity index (χ2v) is 4.90. The molecular formula is C13H14BrClO5. The molecule has 20 heavy (non-hydrogen) atoms. The van der Waals surface area contributed by atoms with Crippen molar-refractivity contribution in [3.63, 3.8) is 0 Å². The second kappa shape index (κ2) is 8.11. The number of carbonyl (C=O) groups is 2. The number of ether oxygens (including phenoxy) is 3. The Bertz CT molecular complexity index is 474. The molecule has 0 spiro atoms. The minimum absolute atomic E-state index is 0.131.